The topological polar surface area (TPSA) is 44.5 Å². The van der Waals surface area contributed by atoms with Crippen LogP contribution in [-0.2, 0) is 6.42 Å². The van der Waals surface area contributed by atoms with Crippen molar-refractivity contribution in [2.24, 2.45) is 5.73 Å². The van der Waals surface area contributed by atoms with Gasteiger partial charge in [0.05, 0.1) is 6.61 Å². The van der Waals surface area contributed by atoms with E-state index in [0.29, 0.717) is 25.3 Å². The van der Waals surface area contributed by atoms with Crippen LogP contribution in [0, 0.1) is 0 Å². The first-order valence-corrected chi connectivity index (χ1v) is 5.61. The molecule has 0 heterocycles. The van der Waals surface area contributed by atoms with E-state index < -0.39 is 12.8 Å². The van der Waals surface area contributed by atoms with Crippen LogP contribution in [0.3, 0.4) is 0 Å². The van der Waals surface area contributed by atoms with Crippen molar-refractivity contribution in [3.05, 3.63) is 23.8 Å². The number of ether oxygens (including phenoxy) is 2. The zero-order valence-electron chi connectivity index (χ0n) is 10.1. The van der Waals surface area contributed by atoms with E-state index in [9.17, 15) is 13.2 Å². The summed E-state index contributed by atoms with van der Waals surface area (Å²) >= 11 is 0. The largest absolute Gasteiger partial charge is 0.490 e. The molecule has 1 aromatic rings. The van der Waals surface area contributed by atoms with E-state index in [-0.39, 0.29) is 5.75 Å². The van der Waals surface area contributed by atoms with Gasteiger partial charge in [0.1, 0.15) is 0 Å². The fraction of sp³-hybridized carbons (Fsp3) is 0.500. The lowest BCUT2D eigenvalue weighted by Gasteiger charge is -2.14. The SMILES string of the molecule is CCOc1cc(CCN)ccc1OCC(F)(F)F. The first-order valence-electron chi connectivity index (χ1n) is 5.61. The second kappa shape index (κ2) is 6.49. The van der Waals surface area contributed by atoms with Gasteiger partial charge in [0.2, 0.25) is 0 Å². The monoisotopic (exact) mass is 263 g/mol. The van der Waals surface area contributed by atoms with Crippen LogP contribution >= 0.6 is 0 Å². The summed E-state index contributed by atoms with van der Waals surface area (Å²) in [5.41, 5.74) is 6.32. The summed E-state index contributed by atoms with van der Waals surface area (Å²) in [5.74, 6) is 0.405. The Hall–Kier alpha value is -1.43. The third kappa shape index (κ3) is 4.83. The molecule has 0 fully saturated rings. The predicted molar refractivity (Wildman–Crippen MR) is 61.9 cm³/mol. The molecule has 0 aliphatic rings. The molecule has 6 heteroatoms. The predicted octanol–water partition coefficient (Wildman–Crippen LogP) is 2.53. The van der Waals surface area contributed by atoms with E-state index in [2.05, 4.69) is 0 Å². The third-order valence-electron chi connectivity index (χ3n) is 2.13. The quantitative estimate of drug-likeness (QED) is 0.857. The van der Waals surface area contributed by atoms with Crippen molar-refractivity contribution in [3.63, 3.8) is 0 Å². The number of alkyl halides is 3. The molecule has 0 aliphatic carbocycles. The van der Waals surface area contributed by atoms with E-state index in [1.807, 2.05) is 0 Å². The van der Waals surface area contributed by atoms with Crippen molar-refractivity contribution in [1.29, 1.82) is 0 Å². The average Bonchev–Trinajstić information content (AvgIpc) is 2.28. The van der Waals surface area contributed by atoms with Crippen LogP contribution in [0.5, 0.6) is 11.5 Å². The highest BCUT2D eigenvalue weighted by Gasteiger charge is 2.29. The molecule has 0 radical (unpaired) electrons. The number of hydrogen-bond acceptors (Lipinski definition) is 3. The number of halogens is 3. The van der Waals surface area contributed by atoms with Gasteiger partial charge < -0.3 is 15.2 Å². The Kier molecular flexibility index (Phi) is 5.27. The normalized spacial score (nSPS) is 11.4. The lowest BCUT2D eigenvalue weighted by atomic mass is 10.1. The number of rotatable bonds is 6. The van der Waals surface area contributed by atoms with Crippen LogP contribution in [0.1, 0.15) is 12.5 Å². The van der Waals surface area contributed by atoms with Gasteiger partial charge in [-0.3, -0.25) is 0 Å². The van der Waals surface area contributed by atoms with Crippen molar-refractivity contribution in [3.8, 4) is 11.5 Å². The van der Waals surface area contributed by atoms with Gasteiger partial charge in [0.25, 0.3) is 0 Å². The Bertz CT molecular complexity index is 380. The fourth-order valence-electron chi connectivity index (χ4n) is 1.42. The minimum Gasteiger partial charge on any atom is -0.490 e. The summed E-state index contributed by atoms with van der Waals surface area (Å²) in [4.78, 5) is 0. The number of nitrogens with two attached hydrogens (primary N) is 1. The van der Waals surface area contributed by atoms with E-state index in [4.69, 9.17) is 15.2 Å². The van der Waals surface area contributed by atoms with Gasteiger partial charge in [-0.2, -0.15) is 13.2 Å². The highest BCUT2D eigenvalue weighted by atomic mass is 19.4. The Labute approximate surface area is 104 Å². The molecule has 0 bridgehead atoms. The van der Waals surface area contributed by atoms with Crippen LogP contribution in [0.4, 0.5) is 13.2 Å². The minimum atomic E-state index is -4.36. The van der Waals surface area contributed by atoms with Gasteiger partial charge in [-0.05, 0) is 37.6 Å². The molecular weight excluding hydrogens is 247 g/mol. The van der Waals surface area contributed by atoms with Crippen molar-refractivity contribution < 1.29 is 22.6 Å². The summed E-state index contributed by atoms with van der Waals surface area (Å²) in [5, 5.41) is 0. The van der Waals surface area contributed by atoms with Gasteiger partial charge in [0, 0.05) is 0 Å². The van der Waals surface area contributed by atoms with Crippen LogP contribution in [0.25, 0.3) is 0 Å². The zero-order valence-corrected chi connectivity index (χ0v) is 10.1. The molecule has 1 rings (SSSR count). The van der Waals surface area contributed by atoms with Crippen LogP contribution in [-0.4, -0.2) is 25.9 Å². The molecule has 1 aromatic carbocycles. The molecule has 0 spiro atoms. The maximum Gasteiger partial charge on any atom is 0.422 e. The molecular formula is C12H16F3NO2. The Morgan fingerprint density at radius 3 is 2.44 bits per heavy atom. The first-order chi connectivity index (χ1) is 8.46. The fourth-order valence-corrected chi connectivity index (χ4v) is 1.42. The summed E-state index contributed by atoms with van der Waals surface area (Å²) in [6.45, 7) is 1.25. The van der Waals surface area contributed by atoms with Gasteiger partial charge in [-0.1, -0.05) is 6.07 Å². The molecule has 0 aliphatic heterocycles. The summed E-state index contributed by atoms with van der Waals surface area (Å²) in [7, 11) is 0. The standard InChI is InChI=1S/C12H16F3NO2/c1-2-17-11-7-9(5-6-16)3-4-10(11)18-8-12(13,14)15/h3-4,7H,2,5-6,8,16H2,1H3. The maximum atomic E-state index is 12.1. The minimum absolute atomic E-state index is 0.0925. The molecule has 0 unspecified atom stereocenters. The molecule has 3 nitrogen and oxygen atoms in total. The molecule has 0 saturated carbocycles. The Morgan fingerprint density at radius 2 is 1.89 bits per heavy atom. The highest BCUT2D eigenvalue weighted by Crippen LogP contribution is 2.30. The lowest BCUT2D eigenvalue weighted by Crippen LogP contribution is -2.19. The van der Waals surface area contributed by atoms with E-state index in [1.54, 1.807) is 19.1 Å². The summed E-state index contributed by atoms with van der Waals surface area (Å²) in [6, 6.07) is 4.81. The second-order valence-electron chi connectivity index (χ2n) is 3.66. The average molecular weight is 263 g/mol. The summed E-state index contributed by atoms with van der Waals surface area (Å²) < 4.78 is 46.2. The number of benzene rings is 1. The van der Waals surface area contributed by atoms with Crippen LogP contribution in [0.15, 0.2) is 18.2 Å². The van der Waals surface area contributed by atoms with Gasteiger partial charge >= 0.3 is 6.18 Å². The molecule has 102 valence electrons. The van der Waals surface area contributed by atoms with Crippen molar-refractivity contribution >= 4 is 0 Å². The Balaban J connectivity index is 2.82. The van der Waals surface area contributed by atoms with Gasteiger partial charge in [-0.25, -0.2) is 0 Å². The van der Waals surface area contributed by atoms with Crippen LogP contribution < -0.4 is 15.2 Å². The highest BCUT2D eigenvalue weighted by molar-refractivity contribution is 5.43. The van der Waals surface area contributed by atoms with E-state index in [1.165, 1.54) is 6.07 Å². The first kappa shape index (κ1) is 14.6. The molecule has 0 saturated heterocycles. The zero-order chi connectivity index (χ0) is 13.6. The summed E-state index contributed by atoms with van der Waals surface area (Å²) in [6.07, 6.45) is -3.72. The molecule has 0 atom stereocenters. The second-order valence-corrected chi connectivity index (χ2v) is 3.66. The van der Waals surface area contributed by atoms with Crippen molar-refractivity contribution in [1.82, 2.24) is 0 Å². The Morgan fingerprint density at radius 1 is 1.17 bits per heavy atom. The molecule has 0 amide bonds. The lowest BCUT2D eigenvalue weighted by molar-refractivity contribution is -0.153. The number of hydrogen-bond donors (Lipinski definition) is 1. The van der Waals surface area contributed by atoms with Crippen molar-refractivity contribution in [2.45, 2.75) is 19.5 Å². The smallest absolute Gasteiger partial charge is 0.422 e. The van der Waals surface area contributed by atoms with Gasteiger partial charge in [-0.15, -0.1) is 0 Å². The molecule has 18 heavy (non-hydrogen) atoms. The van der Waals surface area contributed by atoms with Gasteiger partial charge in [0.15, 0.2) is 18.1 Å². The molecule has 0 aromatic heterocycles. The van der Waals surface area contributed by atoms with E-state index in [0.717, 1.165) is 5.56 Å². The van der Waals surface area contributed by atoms with E-state index >= 15 is 0 Å². The molecule has 2 N–H and O–H groups in total. The third-order valence-corrected chi connectivity index (χ3v) is 2.13. The maximum absolute atomic E-state index is 12.1. The van der Waals surface area contributed by atoms with Crippen LogP contribution in [0.2, 0.25) is 0 Å². The van der Waals surface area contributed by atoms with Crippen molar-refractivity contribution in [2.75, 3.05) is 19.8 Å².